The van der Waals surface area contributed by atoms with Crippen LogP contribution >= 0.6 is 11.8 Å². The summed E-state index contributed by atoms with van der Waals surface area (Å²) in [5.74, 6) is 0.451. The summed E-state index contributed by atoms with van der Waals surface area (Å²) >= 11 is 1.53. The van der Waals surface area contributed by atoms with Gasteiger partial charge >= 0.3 is 0 Å². The first-order valence-corrected chi connectivity index (χ1v) is 8.58. The molecule has 1 saturated heterocycles. The van der Waals surface area contributed by atoms with Crippen molar-refractivity contribution in [3.63, 3.8) is 0 Å². The van der Waals surface area contributed by atoms with Crippen molar-refractivity contribution in [1.29, 1.82) is 0 Å². The van der Waals surface area contributed by atoms with Gasteiger partial charge in [0.25, 0.3) is 0 Å². The Hall–Kier alpha value is -1.59. The summed E-state index contributed by atoms with van der Waals surface area (Å²) in [5, 5.41) is 4.06. The van der Waals surface area contributed by atoms with E-state index in [9.17, 15) is 4.79 Å². The Kier molecular flexibility index (Phi) is 4.95. The molecule has 0 spiro atoms. The monoisotopic (exact) mass is 316 g/mol. The third-order valence-electron chi connectivity index (χ3n) is 3.73. The third-order valence-corrected chi connectivity index (χ3v) is 4.78. The van der Waals surface area contributed by atoms with Gasteiger partial charge in [0.2, 0.25) is 5.91 Å². The second kappa shape index (κ2) is 7.11. The van der Waals surface area contributed by atoms with Crippen molar-refractivity contribution in [1.82, 2.24) is 10.3 Å². The van der Waals surface area contributed by atoms with Crippen LogP contribution in [0.5, 0.6) is 0 Å². The topological polar surface area (TPSA) is 51.2 Å². The number of hydrogen-bond donors (Lipinski definition) is 1. The number of rotatable bonds is 5. The molecule has 1 N–H and O–H groups in total. The molecular weight excluding hydrogens is 296 g/mol. The lowest BCUT2D eigenvalue weighted by Crippen LogP contribution is -2.32. The number of para-hydroxylation sites is 1. The van der Waals surface area contributed by atoms with Gasteiger partial charge in [0, 0.05) is 29.1 Å². The van der Waals surface area contributed by atoms with Crippen LogP contribution in [0.2, 0.25) is 0 Å². The normalized spacial score (nSPS) is 17.8. The van der Waals surface area contributed by atoms with Gasteiger partial charge in [-0.1, -0.05) is 18.2 Å². The predicted molar refractivity (Wildman–Crippen MR) is 89.2 cm³/mol. The minimum absolute atomic E-state index is 0.0464. The highest BCUT2D eigenvalue weighted by atomic mass is 32.2. The largest absolute Gasteiger partial charge is 0.376 e. The summed E-state index contributed by atoms with van der Waals surface area (Å²) in [5.41, 5.74) is 1.96. The second-order valence-corrected chi connectivity index (χ2v) is 6.53. The summed E-state index contributed by atoms with van der Waals surface area (Å²) in [6.45, 7) is 3.41. The highest BCUT2D eigenvalue weighted by Gasteiger charge is 2.16. The van der Waals surface area contributed by atoms with E-state index in [1.54, 1.807) is 0 Å². The van der Waals surface area contributed by atoms with Crippen LogP contribution in [0.15, 0.2) is 35.2 Å². The van der Waals surface area contributed by atoms with Gasteiger partial charge in [0.05, 0.1) is 17.4 Å². The Morgan fingerprint density at radius 2 is 2.32 bits per heavy atom. The fourth-order valence-electron chi connectivity index (χ4n) is 2.56. The van der Waals surface area contributed by atoms with E-state index in [1.165, 1.54) is 11.8 Å². The van der Waals surface area contributed by atoms with E-state index >= 15 is 0 Å². The summed E-state index contributed by atoms with van der Waals surface area (Å²) in [6, 6.07) is 10.1. The molecule has 1 amide bonds. The molecule has 22 heavy (non-hydrogen) atoms. The average molecular weight is 316 g/mol. The summed E-state index contributed by atoms with van der Waals surface area (Å²) in [6.07, 6.45) is 2.33. The van der Waals surface area contributed by atoms with E-state index in [2.05, 4.69) is 16.4 Å². The standard InChI is InChI=1S/C17H20N2O2S/c1-12-7-8-13-4-2-6-15(17(13)19-12)22-11-16(20)18-10-14-5-3-9-21-14/h2,4,6-8,14H,3,5,9-11H2,1H3,(H,18,20). The van der Waals surface area contributed by atoms with Gasteiger partial charge in [-0.25, -0.2) is 0 Å². The molecule has 3 rings (SSSR count). The molecule has 1 aromatic carbocycles. The van der Waals surface area contributed by atoms with Crippen molar-refractivity contribution in [2.24, 2.45) is 0 Å². The van der Waals surface area contributed by atoms with Gasteiger partial charge in [-0.3, -0.25) is 9.78 Å². The zero-order valence-electron chi connectivity index (χ0n) is 12.7. The van der Waals surface area contributed by atoms with E-state index in [4.69, 9.17) is 4.74 Å². The molecule has 1 aliphatic heterocycles. The lowest BCUT2D eigenvalue weighted by molar-refractivity contribution is -0.119. The number of thioether (sulfide) groups is 1. The summed E-state index contributed by atoms with van der Waals surface area (Å²) in [7, 11) is 0. The number of ether oxygens (including phenoxy) is 1. The van der Waals surface area contributed by atoms with Crippen LogP contribution < -0.4 is 5.32 Å². The van der Waals surface area contributed by atoms with Crippen LogP contribution in [0, 0.1) is 6.92 Å². The number of hydrogen-bond acceptors (Lipinski definition) is 4. The molecule has 1 unspecified atom stereocenters. The molecule has 2 heterocycles. The quantitative estimate of drug-likeness (QED) is 0.862. The van der Waals surface area contributed by atoms with E-state index in [1.807, 2.05) is 31.2 Å². The van der Waals surface area contributed by atoms with Gasteiger partial charge in [0.1, 0.15) is 0 Å². The molecule has 1 aromatic heterocycles. The van der Waals surface area contributed by atoms with Crippen LogP contribution in [-0.2, 0) is 9.53 Å². The van der Waals surface area contributed by atoms with Gasteiger partial charge in [-0.15, -0.1) is 11.8 Å². The maximum Gasteiger partial charge on any atom is 0.230 e. The number of nitrogens with one attached hydrogen (secondary N) is 1. The molecule has 0 radical (unpaired) electrons. The number of amides is 1. The molecule has 1 atom stereocenters. The predicted octanol–water partition coefficient (Wildman–Crippen LogP) is 2.93. The van der Waals surface area contributed by atoms with Crippen molar-refractivity contribution < 1.29 is 9.53 Å². The molecule has 116 valence electrons. The van der Waals surface area contributed by atoms with Crippen LogP contribution in [0.3, 0.4) is 0 Å². The number of pyridine rings is 1. The van der Waals surface area contributed by atoms with E-state index in [0.717, 1.165) is 40.9 Å². The Morgan fingerprint density at radius 1 is 1.41 bits per heavy atom. The van der Waals surface area contributed by atoms with Gasteiger partial charge in [-0.2, -0.15) is 0 Å². The number of carbonyl (C=O) groups is 1. The van der Waals surface area contributed by atoms with Crippen LogP contribution in [0.25, 0.3) is 10.9 Å². The van der Waals surface area contributed by atoms with E-state index < -0.39 is 0 Å². The number of aromatic nitrogens is 1. The Bertz CT molecular complexity index is 669. The molecule has 2 aromatic rings. The molecule has 0 saturated carbocycles. The smallest absolute Gasteiger partial charge is 0.230 e. The number of benzene rings is 1. The molecular formula is C17H20N2O2S. The summed E-state index contributed by atoms with van der Waals surface area (Å²) < 4.78 is 5.51. The van der Waals surface area contributed by atoms with Crippen molar-refractivity contribution >= 4 is 28.6 Å². The fourth-order valence-corrected chi connectivity index (χ4v) is 3.42. The summed E-state index contributed by atoms with van der Waals surface area (Å²) in [4.78, 5) is 17.6. The van der Waals surface area contributed by atoms with Crippen LogP contribution in [-0.4, -0.2) is 35.9 Å². The SMILES string of the molecule is Cc1ccc2cccc(SCC(=O)NCC3CCCO3)c2n1. The second-order valence-electron chi connectivity index (χ2n) is 5.51. The number of fused-ring (bicyclic) bond motifs is 1. The lowest BCUT2D eigenvalue weighted by atomic mass is 10.2. The molecule has 5 heteroatoms. The third kappa shape index (κ3) is 3.78. The van der Waals surface area contributed by atoms with Crippen molar-refractivity contribution in [2.75, 3.05) is 18.9 Å². The maximum absolute atomic E-state index is 12.0. The highest BCUT2D eigenvalue weighted by Crippen LogP contribution is 2.26. The average Bonchev–Trinajstić information content (AvgIpc) is 3.04. The number of carbonyl (C=O) groups excluding carboxylic acids is 1. The lowest BCUT2D eigenvalue weighted by Gasteiger charge is -2.11. The van der Waals surface area contributed by atoms with E-state index in [-0.39, 0.29) is 12.0 Å². The Balaban J connectivity index is 1.58. The maximum atomic E-state index is 12.0. The number of nitrogens with zero attached hydrogens (tertiary/aromatic N) is 1. The van der Waals surface area contributed by atoms with Crippen LogP contribution in [0.1, 0.15) is 18.5 Å². The highest BCUT2D eigenvalue weighted by molar-refractivity contribution is 8.00. The zero-order chi connectivity index (χ0) is 15.4. The number of aryl methyl sites for hydroxylation is 1. The molecule has 1 fully saturated rings. The minimum atomic E-state index is 0.0464. The van der Waals surface area contributed by atoms with Gasteiger partial charge in [0.15, 0.2) is 0 Å². The first-order chi connectivity index (χ1) is 10.7. The molecule has 1 aliphatic rings. The first-order valence-electron chi connectivity index (χ1n) is 7.60. The van der Waals surface area contributed by atoms with Crippen molar-refractivity contribution in [3.8, 4) is 0 Å². The van der Waals surface area contributed by atoms with Crippen molar-refractivity contribution in [2.45, 2.75) is 30.8 Å². The van der Waals surface area contributed by atoms with Gasteiger partial charge < -0.3 is 10.1 Å². The molecule has 0 bridgehead atoms. The van der Waals surface area contributed by atoms with Gasteiger partial charge in [-0.05, 0) is 31.9 Å². The Morgan fingerprint density at radius 3 is 3.14 bits per heavy atom. The fraction of sp³-hybridized carbons (Fsp3) is 0.412. The Labute approximate surface area is 134 Å². The molecule has 4 nitrogen and oxygen atoms in total. The first kappa shape index (κ1) is 15.3. The van der Waals surface area contributed by atoms with Crippen LogP contribution in [0.4, 0.5) is 0 Å². The van der Waals surface area contributed by atoms with Crippen molar-refractivity contribution in [3.05, 3.63) is 36.0 Å². The minimum Gasteiger partial charge on any atom is -0.376 e. The zero-order valence-corrected chi connectivity index (χ0v) is 13.5. The van der Waals surface area contributed by atoms with E-state index in [0.29, 0.717) is 12.3 Å². The molecule has 0 aliphatic carbocycles.